The largest absolute Gasteiger partial charge is 0.433 e. The van der Waals surface area contributed by atoms with E-state index in [1.807, 2.05) is 0 Å². The van der Waals surface area contributed by atoms with Crippen LogP contribution in [0.1, 0.15) is 5.76 Å². The van der Waals surface area contributed by atoms with Crippen LogP contribution in [0.2, 0.25) is 0 Å². The van der Waals surface area contributed by atoms with Crippen LogP contribution in [-0.2, 0) is 6.54 Å². The Bertz CT molecular complexity index is 416. The highest BCUT2D eigenvalue weighted by atomic mass is 16.6. The Kier molecular flexibility index (Phi) is 5.12. The van der Waals surface area contributed by atoms with Crippen molar-refractivity contribution in [1.82, 2.24) is 15.5 Å². The Hall–Kier alpha value is -2.09. The van der Waals surface area contributed by atoms with Crippen LogP contribution in [0.25, 0.3) is 0 Å². The highest BCUT2D eigenvalue weighted by Crippen LogP contribution is 2.14. The van der Waals surface area contributed by atoms with Gasteiger partial charge in [0.1, 0.15) is 10.7 Å². The molecule has 0 bridgehead atoms. The van der Waals surface area contributed by atoms with Crippen molar-refractivity contribution in [1.29, 1.82) is 0 Å². The van der Waals surface area contributed by atoms with Crippen molar-refractivity contribution in [3.63, 3.8) is 0 Å². The maximum absolute atomic E-state index is 11.1. The molecule has 0 fully saturated rings. The first-order chi connectivity index (χ1) is 8.50. The number of carbonyl (C=O) groups is 1. The fourth-order valence-electron chi connectivity index (χ4n) is 1.19. The molecule has 1 aromatic heterocycles. The third kappa shape index (κ3) is 4.42. The molecule has 0 aliphatic carbocycles. The monoisotopic (exact) mass is 256 g/mol. The Labute approximate surface area is 104 Å². The van der Waals surface area contributed by atoms with Crippen LogP contribution in [-0.4, -0.2) is 43.0 Å². The molecule has 0 spiro atoms. The lowest BCUT2D eigenvalue weighted by Crippen LogP contribution is -2.38. The molecule has 1 heterocycles. The molecule has 1 rings (SSSR count). The van der Waals surface area contributed by atoms with Gasteiger partial charge in [-0.3, -0.25) is 10.1 Å². The third-order valence-electron chi connectivity index (χ3n) is 2.11. The van der Waals surface area contributed by atoms with Crippen molar-refractivity contribution < 1.29 is 14.1 Å². The maximum atomic E-state index is 11.1. The highest BCUT2D eigenvalue weighted by Gasteiger charge is 2.11. The number of nitro groups is 1. The minimum atomic E-state index is -0.583. The quantitative estimate of drug-likeness (QED) is 0.439. The van der Waals surface area contributed by atoms with Gasteiger partial charge in [0.25, 0.3) is 0 Å². The molecule has 0 unspecified atom stereocenters. The van der Waals surface area contributed by atoms with E-state index in [1.165, 1.54) is 11.0 Å². The summed E-state index contributed by atoms with van der Waals surface area (Å²) in [5.41, 5.74) is 0. The smallest absolute Gasteiger partial charge is 0.404 e. The second kappa shape index (κ2) is 6.60. The SMILES string of the molecule is CN(C)C(=O)NCCNCc1ccc([N+](=O)[O-])o1. The van der Waals surface area contributed by atoms with Crippen molar-refractivity contribution in [2.45, 2.75) is 6.54 Å². The molecular formula is C10H16N4O4. The van der Waals surface area contributed by atoms with Gasteiger partial charge in [-0.1, -0.05) is 0 Å². The standard InChI is InChI=1S/C10H16N4O4/c1-13(2)10(15)12-6-5-11-7-8-3-4-9(18-8)14(16)17/h3-4,11H,5-7H2,1-2H3,(H,12,15). The zero-order valence-electron chi connectivity index (χ0n) is 10.3. The molecule has 2 amide bonds. The first-order valence-corrected chi connectivity index (χ1v) is 5.39. The van der Waals surface area contributed by atoms with Gasteiger partial charge >= 0.3 is 11.9 Å². The minimum absolute atomic E-state index is 0.162. The summed E-state index contributed by atoms with van der Waals surface area (Å²) in [6.07, 6.45) is 0. The van der Waals surface area contributed by atoms with Gasteiger partial charge in [-0.2, -0.15) is 0 Å². The zero-order valence-corrected chi connectivity index (χ0v) is 10.3. The summed E-state index contributed by atoms with van der Waals surface area (Å²) in [4.78, 5) is 22.4. The Morgan fingerprint density at radius 1 is 1.44 bits per heavy atom. The third-order valence-corrected chi connectivity index (χ3v) is 2.11. The van der Waals surface area contributed by atoms with Crippen LogP contribution in [0.4, 0.5) is 10.7 Å². The number of hydrogen-bond acceptors (Lipinski definition) is 5. The first kappa shape index (κ1) is 14.0. The van der Waals surface area contributed by atoms with Gasteiger partial charge in [-0.25, -0.2) is 4.79 Å². The summed E-state index contributed by atoms with van der Waals surface area (Å²) in [5, 5.41) is 16.0. The summed E-state index contributed by atoms with van der Waals surface area (Å²) in [7, 11) is 3.31. The lowest BCUT2D eigenvalue weighted by Gasteiger charge is -2.11. The molecule has 8 heteroatoms. The average molecular weight is 256 g/mol. The van der Waals surface area contributed by atoms with Crippen molar-refractivity contribution >= 4 is 11.9 Å². The number of rotatable bonds is 6. The van der Waals surface area contributed by atoms with Gasteiger partial charge in [-0.15, -0.1) is 0 Å². The summed E-state index contributed by atoms with van der Waals surface area (Å²) >= 11 is 0. The van der Waals surface area contributed by atoms with E-state index in [-0.39, 0.29) is 11.9 Å². The van der Waals surface area contributed by atoms with Crippen LogP contribution in [0.3, 0.4) is 0 Å². The van der Waals surface area contributed by atoms with Crippen molar-refractivity contribution in [3.8, 4) is 0 Å². The highest BCUT2D eigenvalue weighted by molar-refractivity contribution is 5.73. The number of hydrogen-bond donors (Lipinski definition) is 2. The van der Waals surface area contributed by atoms with Crippen molar-refractivity contribution in [3.05, 3.63) is 28.0 Å². The molecule has 1 aromatic rings. The molecule has 0 saturated heterocycles. The van der Waals surface area contributed by atoms with E-state index in [4.69, 9.17) is 4.42 Å². The molecule has 0 aliphatic heterocycles. The molecule has 0 radical (unpaired) electrons. The molecular weight excluding hydrogens is 240 g/mol. The van der Waals surface area contributed by atoms with Crippen LogP contribution >= 0.6 is 0 Å². The van der Waals surface area contributed by atoms with Crippen molar-refractivity contribution in [2.75, 3.05) is 27.2 Å². The number of carbonyl (C=O) groups excluding carboxylic acids is 1. The number of furan rings is 1. The average Bonchev–Trinajstić information content (AvgIpc) is 2.77. The predicted octanol–water partition coefficient (Wildman–Crippen LogP) is 0.549. The van der Waals surface area contributed by atoms with E-state index >= 15 is 0 Å². The molecule has 0 aromatic carbocycles. The van der Waals surface area contributed by atoms with E-state index in [9.17, 15) is 14.9 Å². The summed E-state index contributed by atoms with van der Waals surface area (Å²) in [6, 6.07) is 2.69. The lowest BCUT2D eigenvalue weighted by atomic mass is 10.4. The van der Waals surface area contributed by atoms with E-state index in [0.717, 1.165) is 0 Å². The molecule has 100 valence electrons. The number of urea groups is 1. The predicted molar refractivity (Wildman–Crippen MR) is 64.2 cm³/mol. The fourth-order valence-corrected chi connectivity index (χ4v) is 1.19. The summed E-state index contributed by atoms with van der Waals surface area (Å²) in [5.74, 6) is 0.216. The van der Waals surface area contributed by atoms with E-state index in [2.05, 4.69) is 10.6 Å². The van der Waals surface area contributed by atoms with E-state index < -0.39 is 4.92 Å². The van der Waals surface area contributed by atoms with Crippen LogP contribution in [0, 0.1) is 10.1 Å². The molecule has 8 nitrogen and oxygen atoms in total. The fraction of sp³-hybridized carbons (Fsp3) is 0.500. The number of amides is 2. The van der Waals surface area contributed by atoms with Gasteiger partial charge in [-0.05, 0) is 6.07 Å². The van der Waals surface area contributed by atoms with Crippen LogP contribution in [0.5, 0.6) is 0 Å². The summed E-state index contributed by atoms with van der Waals surface area (Å²) < 4.78 is 4.95. The van der Waals surface area contributed by atoms with E-state index in [1.54, 1.807) is 20.2 Å². The second-order valence-corrected chi connectivity index (χ2v) is 3.80. The molecule has 0 saturated carbocycles. The Balaban J connectivity index is 2.18. The number of nitrogens with zero attached hydrogens (tertiary/aromatic N) is 2. The van der Waals surface area contributed by atoms with Gasteiger partial charge in [0, 0.05) is 27.2 Å². The molecule has 2 N–H and O–H groups in total. The van der Waals surface area contributed by atoms with Crippen molar-refractivity contribution in [2.24, 2.45) is 0 Å². The second-order valence-electron chi connectivity index (χ2n) is 3.80. The van der Waals surface area contributed by atoms with Crippen LogP contribution < -0.4 is 10.6 Å². The first-order valence-electron chi connectivity index (χ1n) is 5.39. The normalized spacial score (nSPS) is 10.1. The van der Waals surface area contributed by atoms with Crippen LogP contribution in [0.15, 0.2) is 16.5 Å². The molecule has 0 aliphatic rings. The summed E-state index contributed by atoms with van der Waals surface area (Å²) in [6.45, 7) is 1.40. The topological polar surface area (TPSA) is 101 Å². The minimum Gasteiger partial charge on any atom is -0.404 e. The zero-order chi connectivity index (χ0) is 13.5. The maximum Gasteiger partial charge on any atom is 0.433 e. The molecule has 0 atom stereocenters. The van der Waals surface area contributed by atoms with Gasteiger partial charge in [0.2, 0.25) is 0 Å². The van der Waals surface area contributed by atoms with E-state index in [0.29, 0.717) is 25.4 Å². The Morgan fingerprint density at radius 2 is 2.17 bits per heavy atom. The van der Waals surface area contributed by atoms with Gasteiger partial charge < -0.3 is 20.0 Å². The molecule has 18 heavy (non-hydrogen) atoms. The number of nitrogens with one attached hydrogen (secondary N) is 2. The Morgan fingerprint density at radius 3 is 2.72 bits per heavy atom. The lowest BCUT2D eigenvalue weighted by molar-refractivity contribution is -0.402. The van der Waals surface area contributed by atoms with Gasteiger partial charge in [0.15, 0.2) is 0 Å². The van der Waals surface area contributed by atoms with Gasteiger partial charge in [0.05, 0.1) is 12.6 Å².